The number of amides is 2. The molecule has 0 radical (unpaired) electrons. The van der Waals surface area contributed by atoms with Crippen molar-refractivity contribution in [2.75, 3.05) is 33.3 Å². The van der Waals surface area contributed by atoms with Gasteiger partial charge in [0.2, 0.25) is 0 Å². The van der Waals surface area contributed by atoms with Crippen LogP contribution >= 0.6 is 7.82 Å². The number of benzene rings is 1. The normalized spacial score (nSPS) is 14.0. The zero-order valence-electron chi connectivity index (χ0n) is 21.2. The van der Waals surface area contributed by atoms with Crippen LogP contribution in [0.1, 0.15) is 20.7 Å². The maximum absolute atomic E-state index is 13.6. The molecule has 2 amide bonds. The average Bonchev–Trinajstić information content (AvgIpc) is 3.64. The van der Waals surface area contributed by atoms with Crippen molar-refractivity contribution in [3.8, 4) is 11.6 Å². The first-order valence-corrected chi connectivity index (χ1v) is 13.5. The van der Waals surface area contributed by atoms with Gasteiger partial charge in [0.1, 0.15) is 18.0 Å². The number of aromatic nitrogens is 5. The van der Waals surface area contributed by atoms with Gasteiger partial charge in [-0.1, -0.05) is 23.4 Å². The summed E-state index contributed by atoms with van der Waals surface area (Å²) < 4.78 is 24.1. The lowest BCUT2D eigenvalue weighted by molar-refractivity contribution is -0.127. The Kier molecular flexibility index (Phi) is 7.45. The van der Waals surface area contributed by atoms with E-state index in [-0.39, 0.29) is 60.1 Å². The van der Waals surface area contributed by atoms with Gasteiger partial charge in [-0.2, -0.15) is 0 Å². The number of piperazine rings is 1. The van der Waals surface area contributed by atoms with Gasteiger partial charge >= 0.3 is 7.82 Å². The number of ketones is 1. The molecule has 4 aromatic rings. The van der Waals surface area contributed by atoms with Crippen LogP contribution in [-0.2, 0) is 20.6 Å². The van der Waals surface area contributed by atoms with E-state index in [1.54, 1.807) is 29.2 Å². The third-order valence-electron chi connectivity index (χ3n) is 6.38. The van der Waals surface area contributed by atoms with Gasteiger partial charge < -0.3 is 28.9 Å². The minimum absolute atomic E-state index is 0.0854. The number of ether oxygens (including phenoxy) is 1. The Hall–Kier alpha value is -4.43. The van der Waals surface area contributed by atoms with E-state index in [1.165, 1.54) is 46.0 Å². The molecule has 1 aliphatic rings. The molecule has 0 bridgehead atoms. The van der Waals surface area contributed by atoms with E-state index >= 15 is 0 Å². The molecule has 0 saturated carbocycles. The Bertz CT molecular complexity index is 1610. The summed E-state index contributed by atoms with van der Waals surface area (Å²) in [5.41, 5.74) is 0.623. The molecule has 16 heteroatoms. The summed E-state index contributed by atoms with van der Waals surface area (Å²) in [5.74, 6) is -1.55. The molecule has 0 aliphatic carbocycles. The number of hydrogen-bond donors (Lipinski definition) is 2. The highest BCUT2D eigenvalue weighted by atomic mass is 31.2. The van der Waals surface area contributed by atoms with E-state index in [0.717, 1.165) is 0 Å². The van der Waals surface area contributed by atoms with Crippen molar-refractivity contribution in [2.45, 2.75) is 6.73 Å². The second-order valence-electron chi connectivity index (χ2n) is 8.76. The monoisotopic (exact) mass is 569 g/mol. The lowest BCUT2D eigenvalue weighted by Gasteiger charge is -2.34. The summed E-state index contributed by atoms with van der Waals surface area (Å²) in [6.07, 6.45) is 5.47. The molecule has 1 aliphatic heterocycles. The predicted octanol–water partition coefficient (Wildman–Crippen LogP) is 0.860. The lowest BCUT2D eigenvalue weighted by atomic mass is 10.1. The van der Waals surface area contributed by atoms with Gasteiger partial charge in [-0.25, -0.2) is 14.2 Å². The number of carbonyl (C=O) groups excluding carboxylic acids is 3. The fourth-order valence-corrected chi connectivity index (χ4v) is 4.76. The van der Waals surface area contributed by atoms with Crippen molar-refractivity contribution in [2.24, 2.45) is 0 Å². The first-order chi connectivity index (χ1) is 19.2. The van der Waals surface area contributed by atoms with E-state index in [2.05, 4.69) is 19.8 Å². The van der Waals surface area contributed by atoms with E-state index in [1.807, 2.05) is 6.07 Å². The SMILES string of the molecule is COc1cnc(-n2ccnn2)c2c1c(C(=O)C(=O)N1CCN(C(=O)c3ccccc3)CC1)cn2COP(=O)(O)O. The number of phosphoric acid groups is 1. The summed E-state index contributed by atoms with van der Waals surface area (Å²) in [7, 11) is -3.54. The van der Waals surface area contributed by atoms with Crippen LogP contribution in [0.15, 0.2) is 55.1 Å². The summed E-state index contributed by atoms with van der Waals surface area (Å²) >= 11 is 0. The third kappa shape index (κ3) is 5.35. The number of rotatable bonds is 8. The number of carbonyl (C=O) groups is 3. The van der Waals surface area contributed by atoms with Crippen LogP contribution in [0.25, 0.3) is 16.7 Å². The molecule has 3 aromatic heterocycles. The number of pyridine rings is 1. The van der Waals surface area contributed by atoms with Gasteiger partial charge in [0.25, 0.3) is 17.6 Å². The summed E-state index contributed by atoms with van der Waals surface area (Å²) in [5, 5.41) is 7.84. The van der Waals surface area contributed by atoms with Crippen LogP contribution in [0.2, 0.25) is 0 Å². The topological polar surface area (TPSA) is 182 Å². The van der Waals surface area contributed by atoms with Crippen molar-refractivity contribution in [3.05, 3.63) is 66.2 Å². The smallest absolute Gasteiger partial charge is 0.471 e. The Morgan fingerprint density at radius 2 is 1.75 bits per heavy atom. The molecule has 1 fully saturated rings. The van der Waals surface area contributed by atoms with Crippen LogP contribution in [-0.4, -0.2) is 95.0 Å². The van der Waals surface area contributed by atoms with E-state index in [0.29, 0.717) is 5.56 Å². The fraction of sp³-hybridized carbons (Fsp3) is 0.250. The molecule has 0 spiro atoms. The highest BCUT2D eigenvalue weighted by molar-refractivity contribution is 7.46. The maximum Gasteiger partial charge on any atom is 0.471 e. The second kappa shape index (κ2) is 11.0. The summed E-state index contributed by atoms with van der Waals surface area (Å²) in [6, 6.07) is 8.78. The van der Waals surface area contributed by atoms with Crippen LogP contribution in [0.4, 0.5) is 0 Å². The molecule has 2 N–H and O–H groups in total. The van der Waals surface area contributed by atoms with Crippen molar-refractivity contribution in [1.29, 1.82) is 0 Å². The van der Waals surface area contributed by atoms with Crippen LogP contribution in [0, 0.1) is 0 Å². The zero-order chi connectivity index (χ0) is 28.4. The van der Waals surface area contributed by atoms with Gasteiger partial charge in [0.05, 0.1) is 36.7 Å². The number of nitrogens with zero attached hydrogens (tertiary/aromatic N) is 7. The first kappa shape index (κ1) is 27.1. The standard InChI is InChI=1S/C24H24N7O8P/c1-38-18-13-25-22(31-8-7-26-27-31)20-19(18)17(14-30(20)15-39-40(35,36)37)21(32)24(34)29-11-9-28(10-12-29)23(33)16-5-3-2-4-6-16/h2-8,13-14H,9-12,15H2,1H3,(H2,35,36,37). The van der Waals surface area contributed by atoms with Crippen LogP contribution in [0.5, 0.6) is 5.75 Å². The Morgan fingerprint density at radius 1 is 1.05 bits per heavy atom. The van der Waals surface area contributed by atoms with Crippen molar-refractivity contribution >= 4 is 36.3 Å². The number of Topliss-reactive ketones (excluding diaryl/α,β-unsaturated/α-hetero) is 1. The molecule has 0 atom stereocenters. The fourth-order valence-electron chi connectivity index (χ4n) is 4.48. The van der Waals surface area contributed by atoms with E-state index in [4.69, 9.17) is 4.74 Å². The highest BCUT2D eigenvalue weighted by Crippen LogP contribution is 2.39. The van der Waals surface area contributed by atoms with Gasteiger partial charge in [-0.05, 0) is 12.1 Å². The summed E-state index contributed by atoms with van der Waals surface area (Å²) in [6.45, 7) is 0.111. The van der Waals surface area contributed by atoms with Gasteiger partial charge in [-0.15, -0.1) is 5.10 Å². The number of hydrogen-bond acceptors (Lipinski definition) is 9. The Balaban J connectivity index is 1.46. The quantitative estimate of drug-likeness (QED) is 0.174. The molecule has 0 unspecified atom stereocenters. The lowest BCUT2D eigenvalue weighted by Crippen LogP contribution is -2.52. The van der Waals surface area contributed by atoms with Crippen molar-refractivity contribution in [3.63, 3.8) is 0 Å². The molecular weight excluding hydrogens is 545 g/mol. The highest BCUT2D eigenvalue weighted by Gasteiger charge is 2.32. The molecule has 5 rings (SSSR count). The van der Waals surface area contributed by atoms with Gasteiger partial charge in [0.15, 0.2) is 5.82 Å². The Morgan fingerprint density at radius 3 is 2.38 bits per heavy atom. The zero-order valence-corrected chi connectivity index (χ0v) is 22.0. The first-order valence-electron chi connectivity index (χ1n) is 12.0. The molecule has 1 aromatic carbocycles. The summed E-state index contributed by atoms with van der Waals surface area (Å²) in [4.78, 5) is 65.5. The average molecular weight is 569 g/mol. The minimum atomic E-state index is -4.89. The van der Waals surface area contributed by atoms with Crippen LogP contribution < -0.4 is 4.74 Å². The van der Waals surface area contributed by atoms with Crippen molar-refractivity contribution in [1.82, 2.24) is 34.3 Å². The van der Waals surface area contributed by atoms with Crippen molar-refractivity contribution < 1.29 is 38.0 Å². The predicted molar refractivity (Wildman–Crippen MR) is 138 cm³/mol. The van der Waals surface area contributed by atoms with E-state index < -0.39 is 26.2 Å². The molecule has 40 heavy (non-hydrogen) atoms. The second-order valence-corrected chi connectivity index (χ2v) is 10.0. The number of methoxy groups -OCH3 is 1. The van der Waals surface area contributed by atoms with Gasteiger partial charge in [0, 0.05) is 37.9 Å². The van der Waals surface area contributed by atoms with Crippen LogP contribution in [0.3, 0.4) is 0 Å². The number of phosphoric ester groups is 1. The van der Waals surface area contributed by atoms with Gasteiger partial charge in [-0.3, -0.25) is 18.9 Å². The largest absolute Gasteiger partial charge is 0.494 e. The third-order valence-corrected chi connectivity index (χ3v) is 6.83. The molecular formula is C24H24N7O8P. The number of fused-ring (bicyclic) bond motifs is 1. The maximum atomic E-state index is 13.6. The molecule has 4 heterocycles. The minimum Gasteiger partial charge on any atom is -0.494 e. The Labute approximate surface area is 226 Å². The molecule has 1 saturated heterocycles. The molecule has 208 valence electrons. The molecule has 15 nitrogen and oxygen atoms in total. The van der Waals surface area contributed by atoms with E-state index in [9.17, 15) is 28.7 Å².